The maximum absolute atomic E-state index is 11.0. The Morgan fingerprint density at radius 3 is 2.84 bits per heavy atom. The first-order chi connectivity index (χ1) is 9.15. The molecule has 19 heavy (non-hydrogen) atoms. The zero-order valence-electron chi connectivity index (χ0n) is 10.4. The van der Waals surface area contributed by atoms with Gasteiger partial charge in [-0.3, -0.25) is 4.68 Å². The first-order valence-electron chi connectivity index (χ1n) is 5.72. The van der Waals surface area contributed by atoms with E-state index in [1.165, 1.54) is 10.7 Å². The van der Waals surface area contributed by atoms with Crippen molar-refractivity contribution < 1.29 is 19.7 Å². The van der Waals surface area contributed by atoms with Gasteiger partial charge in [0.15, 0.2) is 5.69 Å². The number of ether oxygens (including phenoxy) is 1. The van der Waals surface area contributed by atoms with Crippen LogP contribution in [0.15, 0.2) is 30.3 Å². The number of rotatable bonds is 5. The first-order valence-corrected chi connectivity index (χ1v) is 5.72. The number of carboxylic acid groups (broad SMARTS) is 1. The monoisotopic (exact) mass is 262 g/mol. The summed E-state index contributed by atoms with van der Waals surface area (Å²) in [4.78, 5) is 11.0. The molecule has 0 unspecified atom stereocenters. The molecule has 0 spiro atoms. The standard InChI is InChI=1S/C13H14N2O4/c1-19-10-4-2-3-9(7-10)12-8-11(13(17)18)14-15(12)5-6-16/h2-4,7-8,16H,5-6H2,1H3,(H,17,18). The van der Waals surface area contributed by atoms with E-state index in [0.29, 0.717) is 11.4 Å². The van der Waals surface area contributed by atoms with Gasteiger partial charge in [-0.05, 0) is 18.2 Å². The molecule has 1 heterocycles. The minimum absolute atomic E-state index is 0.0498. The molecule has 0 radical (unpaired) electrons. The number of carbonyl (C=O) groups is 1. The molecule has 2 aromatic rings. The average Bonchev–Trinajstić information content (AvgIpc) is 2.83. The number of hydrogen-bond donors (Lipinski definition) is 2. The summed E-state index contributed by atoms with van der Waals surface area (Å²) in [7, 11) is 1.56. The molecule has 0 atom stereocenters. The van der Waals surface area contributed by atoms with Gasteiger partial charge < -0.3 is 14.9 Å². The average molecular weight is 262 g/mol. The Morgan fingerprint density at radius 2 is 2.21 bits per heavy atom. The highest BCUT2D eigenvalue weighted by atomic mass is 16.5. The van der Waals surface area contributed by atoms with Gasteiger partial charge >= 0.3 is 5.97 Å². The van der Waals surface area contributed by atoms with Gasteiger partial charge in [-0.2, -0.15) is 5.10 Å². The van der Waals surface area contributed by atoms with E-state index < -0.39 is 5.97 Å². The zero-order chi connectivity index (χ0) is 13.8. The van der Waals surface area contributed by atoms with Crippen LogP contribution in [0.5, 0.6) is 5.75 Å². The molecule has 1 aromatic carbocycles. The van der Waals surface area contributed by atoms with E-state index in [2.05, 4.69) is 5.10 Å². The maximum Gasteiger partial charge on any atom is 0.356 e. The van der Waals surface area contributed by atoms with Crippen LogP contribution in [0.25, 0.3) is 11.3 Å². The summed E-state index contributed by atoms with van der Waals surface area (Å²) >= 11 is 0. The summed E-state index contributed by atoms with van der Waals surface area (Å²) in [5, 5.41) is 21.9. The number of nitrogens with zero attached hydrogens (tertiary/aromatic N) is 2. The summed E-state index contributed by atoms with van der Waals surface area (Å²) in [6.07, 6.45) is 0. The van der Waals surface area contributed by atoms with Crippen LogP contribution >= 0.6 is 0 Å². The molecule has 2 N–H and O–H groups in total. The van der Waals surface area contributed by atoms with Crippen LogP contribution in [0.4, 0.5) is 0 Å². The van der Waals surface area contributed by atoms with Crippen molar-refractivity contribution in [3.8, 4) is 17.0 Å². The van der Waals surface area contributed by atoms with Crippen molar-refractivity contribution in [2.75, 3.05) is 13.7 Å². The van der Waals surface area contributed by atoms with Crippen LogP contribution < -0.4 is 4.74 Å². The van der Waals surface area contributed by atoms with Crippen molar-refractivity contribution in [2.45, 2.75) is 6.54 Å². The van der Waals surface area contributed by atoms with Gasteiger partial charge in [-0.1, -0.05) is 12.1 Å². The third kappa shape index (κ3) is 2.74. The summed E-state index contributed by atoms with van der Waals surface area (Å²) < 4.78 is 6.61. The second kappa shape index (κ2) is 5.53. The van der Waals surface area contributed by atoms with E-state index >= 15 is 0 Å². The molecular weight excluding hydrogens is 248 g/mol. The summed E-state index contributed by atoms with van der Waals surface area (Å²) in [6.45, 7) is 0.123. The predicted octanol–water partition coefficient (Wildman–Crippen LogP) is 1.25. The molecule has 100 valence electrons. The van der Waals surface area contributed by atoms with E-state index in [1.54, 1.807) is 19.2 Å². The fourth-order valence-electron chi connectivity index (χ4n) is 1.80. The lowest BCUT2D eigenvalue weighted by molar-refractivity contribution is 0.0689. The quantitative estimate of drug-likeness (QED) is 0.847. The molecular formula is C13H14N2O4. The van der Waals surface area contributed by atoms with Crippen molar-refractivity contribution >= 4 is 5.97 Å². The number of methoxy groups -OCH3 is 1. The highest BCUT2D eigenvalue weighted by Crippen LogP contribution is 2.24. The SMILES string of the molecule is COc1cccc(-c2cc(C(=O)O)nn2CCO)c1. The minimum atomic E-state index is -1.10. The molecule has 6 heteroatoms. The van der Waals surface area contributed by atoms with Gasteiger partial charge in [0.25, 0.3) is 0 Å². The number of benzene rings is 1. The lowest BCUT2D eigenvalue weighted by Crippen LogP contribution is -2.07. The van der Waals surface area contributed by atoms with Crippen molar-refractivity contribution in [3.63, 3.8) is 0 Å². The Labute approximate surface area is 109 Å². The Balaban J connectivity index is 2.49. The van der Waals surface area contributed by atoms with Crippen molar-refractivity contribution in [3.05, 3.63) is 36.0 Å². The van der Waals surface area contributed by atoms with Gasteiger partial charge in [0.05, 0.1) is 26.0 Å². The Morgan fingerprint density at radius 1 is 1.42 bits per heavy atom. The summed E-state index contributed by atoms with van der Waals surface area (Å²) in [5.41, 5.74) is 1.37. The van der Waals surface area contributed by atoms with Crippen molar-refractivity contribution in [1.29, 1.82) is 0 Å². The number of aromatic nitrogens is 2. The molecule has 0 bridgehead atoms. The predicted molar refractivity (Wildman–Crippen MR) is 68.3 cm³/mol. The van der Waals surface area contributed by atoms with Crippen molar-refractivity contribution in [2.24, 2.45) is 0 Å². The topological polar surface area (TPSA) is 84.6 Å². The maximum atomic E-state index is 11.0. The minimum Gasteiger partial charge on any atom is -0.497 e. The van der Waals surface area contributed by atoms with E-state index in [4.69, 9.17) is 14.9 Å². The normalized spacial score (nSPS) is 10.4. The van der Waals surface area contributed by atoms with Crippen molar-refractivity contribution in [1.82, 2.24) is 9.78 Å². The highest BCUT2D eigenvalue weighted by molar-refractivity contribution is 5.87. The fraction of sp³-hybridized carbons (Fsp3) is 0.231. The van der Waals surface area contributed by atoms with E-state index in [-0.39, 0.29) is 18.8 Å². The van der Waals surface area contributed by atoms with Crippen LogP contribution in [0, 0.1) is 0 Å². The van der Waals surface area contributed by atoms with E-state index in [1.807, 2.05) is 12.1 Å². The Bertz CT molecular complexity index is 592. The van der Waals surface area contributed by atoms with E-state index in [9.17, 15) is 4.79 Å². The molecule has 0 amide bonds. The summed E-state index contributed by atoms with van der Waals surface area (Å²) in [5.74, 6) is -0.424. The van der Waals surface area contributed by atoms with Crippen LogP contribution in [-0.2, 0) is 6.54 Å². The van der Waals surface area contributed by atoms with Gasteiger partial charge in [0, 0.05) is 5.56 Å². The Hall–Kier alpha value is -2.34. The highest BCUT2D eigenvalue weighted by Gasteiger charge is 2.14. The third-order valence-electron chi connectivity index (χ3n) is 2.68. The van der Waals surface area contributed by atoms with Gasteiger partial charge in [0.2, 0.25) is 0 Å². The van der Waals surface area contributed by atoms with Crippen LogP contribution in [0.2, 0.25) is 0 Å². The smallest absolute Gasteiger partial charge is 0.356 e. The molecule has 0 fully saturated rings. The second-order valence-electron chi connectivity index (χ2n) is 3.90. The van der Waals surface area contributed by atoms with Gasteiger partial charge in [-0.25, -0.2) is 4.79 Å². The summed E-state index contributed by atoms with van der Waals surface area (Å²) in [6, 6.07) is 8.71. The van der Waals surface area contributed by atoms with Crippen LogP contribution in [0.3, 0.4) is 0 Å². The van der Waals surface area contributed by atoms with E-state index in [0.717, 1.165) is 5.56 Å². The zero-order valence-corrected chi connectivity index (χ0v) is 10.4. The molecule has 0 aliphatic rings. The molecule has 0 aliphatic heterocycles. The molecule has 0 aliphatic carbocycles. The second-order valence-corrected chi connectivity index (χ2v) is 3.90. The molecule has 6 nitrogen and oxygen atoms in total. The van der Waals surface area contributed by atoms with Gasteiger partial charge in [-0.15, -0.1) is 0 Å². The number of aliphatic hydroxyl groups excluding tert-OH is 1. The number of aliphatic hydroxyl groups is 1. The largest absolute Gasteiger partial charge is 0.497 e. The lowest BCUT2D eigenvalue weighted by atomic mass is 10.1. The first kappa shape index (κ1) is 13.1. The van der Waals surface area contributed by atoms with Crippen LogP contribution in [0.1, 0.15) is 10.5 Å². The lowest BCUT2D eigenvalue weighted by Gasteiger charge is -2.07. The fourth-order valence-corrected chi connectivity index (χ4v) is 1.80. The van der Waals surface area contributed by atoms with Gasteiger partial charge in [0.1, 0.15) is 5.75 Å². The Kier molecular flexibility index (Phi) is 3.82. The third-order valence-corrected chi connectivity index (χ3v) is 2.68. The number of hydrogen-bond acceptors (Lipinski definition) is 4. The molecule has 0 saturated carbocycles. The number of aromatic carboxylic acids is 1. The van der Waals surface area contributed by atoms with Crippen LogP contribution in [-0.4, -0.2) is 39.7 Å². The number of carboxylic acids is 1. The molecule has 2 rings (SSSR count). The molecule has 1 aromatic heterocycles. The molecule has 0 saturated heterocycles.